The zero-order valence-corrected chi connectivity index (χ0v) is 17.5. The predicted molar refractivity (Wildman–Crippen MR) is 123 cm³/mol. The fourth-order valence-corrected chi connectivity index (χ4v) is 3.37. The molecule has 0 spiro atoms. The molecule has 6 heteroatoms. The van der Waals surface area contributed by atoms with E-state index < -0.39 is 0 Å². The highest BCUT2D eigenvalue weighted by Crippen LogP contribution is 2.24. The van der Waals surface area contributed by atoms with Crippen LogP contribution in [-0.4, -0.2) is 20.7 Å². The summed E-state index contributed by atoms with van der Waals surface area (Å²) in [6.07, 6.45) is 8.68. The molecular weight excluding hydrogens is 408 g/mol. The number of hydrogen-bond acceptors (Lipinski definition) is 3. The first-order valence-corrected chi connectivity index (χ1v) is 10.3. The lowest BCUT2D eigenvalue weighted by Crippen LogP contribution is -2.20. The second kappa shape index (κ2) is 9.87. The highest BCUT2D eigenvalue weighted by molar-refractivity contribution is 6.31. The molecule has 2 aromatic heterocycles. The summed E-state index contributed by atoms with van der Waals surface area (Å²) in [7, 11) is 0. The molecule has 0 aliphatic heterocycles. The number of aromatic nitrogens is 3. The van der Waals surface area contributed by atoms with Gasteiger partial charge < -0.3 is 5.32 Å². The third kappa shape index (κ3) is 5.47. The third-order valence-corrected chi connectivity index (χ3v) is 5.10. The van der Waals surface area contributed by atoms with E-state index in [1.54, 1.807) is 18.5 Å². The maximum atomic E-state index is 12.3. The third-order valence-electron chi connectivity index (χ3n) is 4.73. The Morgan fingerprint density at radius 1 is 1.03 bits per heavy atom. The van der Waals surface area contributed by atoms with Crippen molar-refractivity contribution in [3.05, 3.63) is 113 Å². The molecule has 0 aliphatic carbocycles. The van der Waals surface area contributed by atoms with Gasteiger partial charge >= 0.3 is 0 Å². The molecule has 2 aromatic carbocycles. The second-order valence-electron chi connectivity index (χ2n) is 7.00. The Kier molecular flexibility index (Phi) is 6.55. The fraction of sp³-hybridized carbons (Fsp3) is 0.0800. The second-order valence-corrected chi connectivity index (χ2v) is 7.41. The van der Waals surface area contributed by atoms with E-state index >= 15 is 0 Å². The Morgan fingerprint density at radius 2 is 1.84 bits per heavy atom. The molecule has 0 bridgehead atoms. The van der Waals surface area contributed by atoms with Gasteiger partial charge in [-0.25, -0.2) is 0 Å². The maximum absolute atomic E-state index is 12.3. The van der Waals surface area contributed by atoms with Gasteiger partial charge in [0.25, 0.3) is 0 Å². The molecule has 0 atom stereocenters. The van der Waals surface area contributed by atoms with Crippen molar-refractivity contribution in [2.45, 2.75) is 13.1 Å². The maximum Gasteiger partial charge on any atom is 0.244 e. The lowest BCUT2D eigenvalue weighted by Gasteiger charge is -2.04. The number of nitrogens with zero attached hydrogens (tertiary/aromatic N) is 3. The minimum atomic E-state index is -0.179. The van der Waals surface area contributed by atoms with Crippen LogP contribution in [0.1, 0.15) is 16.7 Å². The quantitative estimate of drug-likeness (QED) is 0.422. The average Bonchev–Trinajstić information content (AvgIpc) is 3.22. The van der Waals surface area contributed by atoms with Crippen molar-refractivity contribution in [2.75, 3.05) is 0 Å². The van der Waals surface area contributed by atoms with Crippen LogP contribution in [0, 0.1) is 0 Å². The van der Waals surface area contributed by atoms with E-state index in [0.717, 1.165) is 27.9 Å². The Balaban J connectivity index is 1.55. The van der Waals surface area contributed by atoms with E-state index in [1.165, 1.54) is 6.08 Å². The van der Waals surface area contributed by atoms with E-state index in [-0.39, 0.29) is 5.91 Å². The molecule has 0 fully saturated rings. The molecule has 1 N–H and O–H groups in total. The van der Waals surface area contributed by atoms with Crippen LogP contribution < -0.4 is 5.32 Å². The van der Waals surface area contributed by atoms with E-state index in [2.05, 4.69) is 10.3 Å². The SMILES string of the molecule is O=C(/C=C/c1cn(Cc2ccccc2Cl)nc1-c1ccccc1)NCc1cccnc1. The van der Waals surface area contributed by atoms with Gasteiger partial charge in [0, 0.05) is 47.4 Å². The van der Waals surface area contributed by atoms with Gasteiger partial charge in [-0.1, -0.05) is 66.2 Å². The molecule has 2 heterocycles. The van der Waals surface area contributed by atoms with E-state index in [9.17, 15) is 4.79 Å². The van der Waals surface area contributed by atoms with Gasteiger partial charge in [-0.2, -0.15) is 5.10 Å². The molecule has 0 radical (unpaired) electrons. The van der Waals surface area contributed by atoms with Crippen molar-refractivity contribution in [3.8, 4) is 11.3 Å². The lowest BCUT2D eigenvalue weighted by atomic mass is 10.1. The zero-order chi connectivity index (χ0) is 21.5. The highest BCUT2D eigenvalue weighted by atomic mass is 35.5. The first-order chi connectivity index (χ1) is 15.2. The molecule has 4 rings (SSSR count). The van der Waals surface area contributed by atoms with Gasteiger partial charge in [0.2, 0.25) is 5.91 Å². The van der Waals surface area contributed by atoms with Gasteiger partial charge in [0.05, 0.1) is 12.2 Å². The number of benzene rings is 2. The van der Waals surface area contributed by atoms with Crippen molar-refractivity contribution in [1.82, 2.24) is 20.1 Å². The fourth-order valence-electron chi connectivity index (χ4n) is 3.18. The van der Waals surface area contributed by atoms with Crippen LogP contribution in [0.15, 0.2) is 91.4 Å². The number of halogens is 1. The summed E-state index contributed by atoms with van der Waals surface area (Å²) in [5.74, 6) is -0.179. The molecule has 0 unspecified atom stereocenters. The summed E-state index contributed by atoms with van der Waals surface area (Å²) in [5.41, 5.74) is 4.58. The van der Waals surface area contributed by atoms with Gasteiger partial charge in [0.15, 0.2) is 0 Å². The Labute approximate surface area is 186 Å². The van der Waals surface area contributed by atoms with Crippen LogP contribution >= 0.6 is 11.6 Å². The Morgan fingerprint density at radius 3 is 2.61 bits per heavy atom. The molecule has 0 saturated carbocycles. The summed E-state index contributed by atoms with van der Waals surface area (Å²) >= 11 is 6.31. The number of amides is 1. The molecule has 31 heavy (non-hydrogen) atoms. The van der Waals surface area contributed by atoms with E-state index in [1.807, 2.05) is 77.6 Å². The number of hydrogen-bond donors (Lipinski definition) is 1. The normalized spacial score (nSPS) is 11.0. The molecule has 154 valence electrons. The minimum absolute atomic E-state index is 0.179. The van der Waals surface area contributed by atoms with Gasteiger partial charge in [0.1, 0.15) is 0 Å². The van der Waals surface area contributed by atoms with Crippen LogP contribution in [0.25, 0.3) is 17.3 Å². The Hall–Kier alpha value is -3.70. The van der Waals surface area contributed by atoms with Crippen LogP contribution in [-0.2, 0) is 17.9 Å². The summed E-state index contributed by atoms with van der Waals surface area (Å²) in [6.45, 7) is 0.967. The van der Waals surface area contributed by atoms with Crippen molar-refractivity contribution >= 4 is 23.6 Å². The molecular formula is C25H21ClN4O. The monoisotopic (exact) mass is 428 g/mol. The van der Waals surface area contributed by atoms with Crippen molar-refractivity contribution < 1.29 is 4.79 Å². The molecule has 5 nitrogen and oxygen atoms in total. The number of nitrogens with one attached hydrogen (secondary N) is 1. The Bertz CT molecular complexity index is 1190. The number of pyridine rings is 1. The molecule has 4 aromatic rings. The first kappa shape index (κ1) is 20.6. The van der Waals surface area contributed by atoms with Crippen molar-refractivity contribution in [2.24, 2.45) is 0 Å². The van der Waals surface area contributed by atoms with Gasteiger partial charge in [-0.05, 0) is 29.3 Å². The van der Waals surface area contributed by atoms with Crippen LogP contribution in [0.4, 0.5) is 0 Å². The number of carbonyl (C=O) groups is 1. The summed E-state index contributed by atoms with van der Waals surface area (Å²) in [4.78, 5) is 16.4. The van der Waals surface area contributed by atoms with Crippen LogP contribution in [0.2, 0.25) is 5.02 Å². The average molecular weight is 429 g/mol. The van der Waals surface area contributed by atoms with E-state index in [0.29, 0.717) is 18.1 Å². The van der Waals surface area contributed by atoms with Gasteiger partial charge in [-0.15, -0.1) is 0 Å². The summed E-state index contributed by atoms with van der Waals surface area (Å²) < 4.78 is 1.84. The van der Waals surface area contributed by atoms with Crippen molar-refractivity contribution in [3.63, 3.8) is 0 Å². The van der Waals surface area contributed by atoms with Crippen molar-refractivity contribution in [1.29, 1.82) is 0 Å². The first-order valence-electron chi connectivity index (χ1n) is 9.90. The summed E-state index contributed by atoms with van der Waals surface area (Å²) in [6, 6.07) is 21.4. The van der Waals surface area contributed by atoms with Crippen LogP contribution in [0.5, 0.6) is 0 Å². The molecule has 0 aliphatic rings. The van der Waals surface area contributed by atoms with Gasteiger partial charge in [-0.3, -0.25) is 14.5 Å². The molecule has 1 amide bonds. The number of rotatable bonds is 7. The smallest absolute Gasteiger partial charge is 0.244 e. The van der Waals surface area contributed by atoms with Crippen LogP contribution in [0.3, 0.4) is 0 Å². The topological polar surface area (TPSA) is 59.8 Å². The van der Waals surface area contributed by atoms with E-state index in [4.69, 9.17) is 16.7 Å². The zero-order valence-electron chi connectivity index (χ0n) is 16.8. The number of carbonyl (C=O) groups excluding carboxylic acids is 1. The lowest BCUT2D eigenvalue weighted by molar-refractivity contribution is -0.116. The largest absolute Gasteiger partial charge is 0.348 e. The minimum Gasteiger partial charge on any atom is -0.348 e. The predicted octanol–water partition coefficient (Wildman–Crippen LogP) is 4.98. The standard InChI is InChI=1S/C25H21ClN4O/c26-23-11-5-4-10-21(23)17-30-18-22(25(29-30)20-8-2-1-3-9-20)12-13-24(31)28-16-19-7-6-14-27-15-19/h1-15,18H,16-17H2,(H,28,31)/b13-12+. The highest BCUT2D eigenvalue weighted by Gasteiger charge is 2.11. The molecule has 0 saturated heterocycles. The summed E-state index contributed by atoms with van der Waals surface area (Å²) in [5, 5.41) is 8.33.